The van der Waals surface area contributed by atoms with Crippen LogP contribution in [0.1, 0.15) is 23.3 Å². The minimum absolute atomic E-state index is 0.186. The van der Waals surface area contributed by atoms with Crippen LogP contribution in [-0.2, 0) is 4.79 Å². The van der Waals surface area contributed by atoms with Crippen molar-refractivity contribution in [2.24, 2.45) is 0 Å². The molecule has 1 aromatic carbocycles. The van der Waals surface area contributed by atoms with E-state index in [1.54, 1.807) is 40.2 Å². The zero-order chi connectivity index (χ0) is 18.6. The smallest absolute Gasteiger partial charge is 0.273 e. The third-order valence-electron chi connectivity index (χ3n) is 4.58. The molecule has 4 rings (SSSR count). The lowest BCUT2D eigenvalue weighted by atomic mass is 10.2. The summed E-state index contributed by atoms with van der Waals surface area (Å²) in [6, 6.07) is 14.0. The SMILES string of the molecule is O=C(Nc1cccc(-n2cccn2)c1)[C@H]1CCCN1C(=O)c1ccccn1. The minimum Gasteiger partial charge on any atom is -0.325 e. The van der Waals surface area contributed by atoms with E-state index < -0.39 is 6.04 Å². The topological polar surface area (TPSA) is 80.1 Å². The summed E-state index contributed by atoms with van der Waals surface area (Å²) in [6.45, 7) is 0.556. The number of aromatic nitrogens is 3. The van der Waals surface area contributed by atoms with Crippen LogP contribution in [0.25, 0.3) is 5.69 Å². The number of anilines is 1. The van der Waals surface area contributed by atoms with E-state index in [0.29, 0.717) is 24.3 Å². The van der Waals surface area contributed by atoms with Gasteiger partial charge in [-0.05, 0) is 49.2 Å². The number of nitrogens with one attached hydrogen (secondary N) is 1. The number of carbonyl (C=O) groups excluding carboxylic acids is 2. The highest BCUT2D eigenvalue weighted by Gasteiger charge is 2.35. The molecule has 1 fully saturated rings. The molecule has 27 heavy (non-hydrogen) atoms. The summed E-state index contributed by atoms with van der Waals surface area (Å²) in [6.07, 6.45) is 6.56. The number of nitrogens with zero attached hydrogens (tertiary/aromatic N) is 4. The second kappa shape index (κ2) is 7.41. The largest absolute Gasteiger partial charge is 0.325 e. The summed E-state index contributed by atoms with van der Waals surface area (Å²) in [4.78, 5) is 31.2. The Morgan fingerprint density at radius 3 is 2.78 bits per heavy atom. The third-order valence-corrected chi connectivity index (χ3v) is 4.58. The number of pyridine rings is 1. The Bertz CT molecular complexity index is 940. The summed E-state index contributed by atoms with van der Waals surface area (Å²) >= 11 is 0. The fraction of sp³-hybridized carbons (Fsp3) is 0.200. The third kappa shape index (κ3) is 3.57. The first-order chi connectivity index (χ1) is 13.2. The van der Waals surface area contributed by atoms with Gasteiger partial charge in [0, 0.05) is 30.8 Å². The minimum atomic E-state index is -0.493. The maximum atomic E-state index is 12.8. The molecule has 136 valence electrons. The Morgan fingerprint density at radius 2 is 2.00 bits per heavy atom. The molecule has 1 N–H and O–H groups in total. The number of amides is 2. The lowest BCUT2D eigenvalue weighted by Gasteiger charge is -2.23. The van der Waals surface area contributed by atoms with Crippen molar-refractivity contribution in [3.63, 3.8) is 0 Å². The van der Waals surface area contributed by atoms with Crippen LogP contribution in [0.5, 0.6) is 0 Å². The molecule has 0 aliphatic carbocycles. The molecule has 3 heterocycles. The van der Waals surface area contributed by atoms with Crippen molar-refractivity contribution in [1.82, 2.24) is 19.7 Å². The molecule has 0 bridgehead atoms. The van der Waals surface area contributed by atoms with Crippen LogP contribution in [0.15, 0.2) is 67.1 Å². The van der Waals surface area contributed by atoms with Crippen LogP contribution in [0.4, 0.5) is 5.69 Å². The summed E-state index contributed by atoms with van der Waals surface area (Å²) in [7, 11) is 0. The van der Waals surface area contributed by atoms with E-state index in [0.717, 1.165) is 12.1 Å². The van der Waals surface area contributed by atoms with Gasteiger partial charge in [0.15, 0.2) is 0 Å². The zero-order valence-corrected chi connectivity index (χ0v) is 14.7. The van der Waals surface area contributed by atoms with Crippen LogP contribution in [0.3, 0.4) is 0 Å². The first kappa shape index (κ1) is 17.0. The Kier molecular flexibility index (Phi) is 4.65. The van der Waals surface area contributed by atoms with Crippen LogP contribution >= 0.6 is 0 Å². The summed E-state index contributed by atoms with van der Waals surface area (Å²) in [5.41, 5.74) is 1.88. The van der Waals surface area contributed by atoms with Gasteiger partial charge in [0.05, 0.1) is 5.69 Å². The molecule has 7 heteroatoms. The van der Waals surface area contributed by atoms with Crippen molar-refractivity contribution in [3.05, 3.63) is 72.8 Å². The van der Waals surface area contributed by atoms with Gasteiger partial charge in [0.25, 0.3) is 5.91 Å². The van der Waals surface area contributed by atoms with E-state index in [-0.39, 0.29) is 11.8 Å². The van der Waals surface area contributed by atoms with E-state index >= 15 is 0 Å². The molecular weight excluding hydrogens is 342 g/mol. The molecule has 0 saturated carbocycles. The molecule has 1 atom stereocenters. The molecule has 7 nitrogen and oxygen atoms in total. The predicted molar refractivity (Wildman–Crippen MR) is 100 cm³/mol. The Morgan fingerprint density at radius 1 is 1.07 bits per heavy atom. The van der Waals surface area contributed by atoms with Crippen molar-refractivity contribution in [2.75, 3.05) is 11.9 Å². The van der Waals surface area contributed by atoms with Crippen LogP contribution in [0.2, 0.25) is 0 Å². The molecule has 2 aromatic heterocycles. The first-order valence-corrected chi connectivity index (χ1v) is 8.85. The standard InChI is InChI=1S/C20H19N5O2/c26-19(23-15-6-3-7-16(14-15)25-13-5-11-22-25)18-9-4-12-24(18)20(27)17-8-1-2-10-21-17/h1-3,5-8,10-11,13-14,18H,4,9,12H2,(H,23,26)/t18-/m1/s1. The van der Waals surface area contributed by atoms with E-state index in [1.165, 1.54) is 0 Å². The van der Waals surface area contributed by atoms with E-state index in [9.17, 15) is 9.59 Å². The maximum Gasteiger partial charge on any atom is 0.273 e. The Hall–Kier alpha value is -3.48. The van der Waals surface area contributed by atoms with Crippen molar-refractivity contribution in [2.45, 2.75) is 18.9 Å². The predicted octanol–water partition coefficient (Wildman–Crippen LogP) is 2.51. The number of carbonyl (C=O) groups is 2. The Labute approximate surface area is 156 Å². The monoisotopic (exact) mass is 361 g/mol. The number of rotatable bonds is 4. The lowest BCUT2D eigenvalue weighted by Crippen LogP contribution is -2.43. The lowest BCUT2D eigenvalue weighted by molar-refractivity contribution is -0.119. The molecule has 0 spiro atoms. The molecule has 0 radical (unpaired) electrons. The van der Waals surface area contributed by atoms with Gasteiger partial charge in [-0.25, -0.2) is 4.68 Å². The first-order valence-electron chi connectivity index (χ1n) is 8.85. The van der Waals surface area contributed by atoms with E-state index in [1.807, 2.05) is 36.5 Å². The normalized spacial score (nSPS) is 16.3. The van der Waals surface area contributed by atoms with Crippen LogP contribution < -0.4 is 5.32 Å². The fourth-order valence-corrected chi connectivity index (χ4v) is 3.29. The Balaban J connectivity index is 1.49. The molecule has 1 saturated heterocycles. The van der Waals surface area contributed by atoms with E-state index in [4.69, 9.17) is 0 Å². The number of likely N-dealkylation sites (tertiary alicyclic amines) is 1. The number of hydrogen-bond acceptors (Lipinski definition) is 4. The van der Waals surface area contributed by atoms with Gasteiger partial charge in [-0.1, -0.05) is 12.1 Å². The molecule has 3 aromatic rings. The second-order valence-electron chi connectivity index (χ2n) is 6.36. The van der Waals surface area contributed by atoms with Gasteiger partial charge in [-0.2, -0.15) is 5.10 Å². The van der Waals surface area contributed by atoms with Crippen molar-refractivity contribution >= 4 is 17.5 Å². The fourth-order valence-electron chi connectivity index (χ4n) is 3.29. The summed E-state index contributed by atoms with van der Waals surface area (Å²) in [5, 5.41) is 7.13. The average molecular weight is 361 g/mol. The molecular formula is C20H19N5O2. The molecule has 0 unspecified atom stereocenters. The zero-order valence-electron chi connectivity index (χ0n) is 14.7. The van der Waals surface area contributed by atoms with Gasteiger partial charge in [0.2, 0.25) is 5.91 Å². The van der Waals surface area contributed by atoms with Gasteiger partial charge in [-0.3, -0.25) is 14.6 Å². The highest BCUT2D eigenvalue weighted by Crippen LogP contribution is 2.22. The van der Waals surface area contributed by atoms with Crippen molar-refractivity contribution in [1.29, 1.82) is 0 Å². The highest BCUT2D eigenvalue weighted by atomic mass is 16.2. The van der Waals surface area contributed by atoms with E-state index in [2.05, 4.69) is 15.4 Å². The summed E-state index contributed by atoms with van der Waals surface area (Å²) in [5.74, 6) is -0.395. The van der Waals surface area contributed by atoms with Crippen LogP contribution in [0, 0.1) is 0 Å². The number of benzene rings is 1. The van der Waals surface area contributed by atoms with Crippen molar-refractivity contribution in [3.8, 4) is 5.69 Å². The summed E-state index contributed by atoms with van der Waals surface area (Å²) < 4.78 is 1.72. The van der Waals surface area contributed by atoms with Crippen LogP contribution in [-0.4, -0.2) is 44.1 Å². The molecule has 1 aliphatic rings. The maximum absolute atomic E-state index is 12.8. The van der Waals surface area contributed by atoms with Gasteiger partial charge >= 0.3 is 0 Å². The second-order valence-corrected chi connectivity index (χ2v) is 6.36. The van der Waals surface area contributed by atoms with Gasteiger partial charge in [-0.15, -0.1) is 0 Å². The average Bonchev–Trinajstić information content (AvgIpc) is 3.40. The van der Waals surface area contributed by atoms with Crippen molar-refractivity contribution < 1.29 is 9.59 Å². The quantitative estimate of drug-likeness (QED) is 0.774. The number of hydrogen-bond donors (Lipinski definition) is 1. The molecule has 1 aliphatic heterocycles. The highest BCUT2D eigenvalue weighted by molar-refractivity contribution is 6.00. The van der Waals surface area contributed by atoms with Gasteiger partial charge in [0.1, 0.15) is 11.7 Å². The van der Waals surface area contributed by atoms with Gasteiger partial charge < -0.3 is 10.2 Å². The molecule has 2 amide bonds.